The third-order valence-electron chi connectivity index (χ3n) is 3.44. The van der Waals surface area contributed by atoms with E-state index in [2.05, 4.69) is 25.5 Å². The molecule has 0 bridgehead atoms. The maximum atomic E-state index is 12.0. The summed E-state index contributed by atoms with van der Waals surface area (Å²) in [5.41, 5.74) is 1.84. The Kier molecular flexibility index (Phi) is 5.34. The monoisotopic (exact) mass is 375 g/mol. The number of nitrogens with zero attached hydrogens (tertiary/aromatic N) is 3. The van der Waals surface area contributed by atoms with E-state index in [4.69, 9.17) is 4.74 Å². The topological polar surface area (TPSA) is 92.8 Å². The van der Waals surface area contributed by atoms with Gasteiger partial charge in [-0.3, -0.25) is 9.89 Å². The maximum absolute atomic E-state index is 12.0. The lowest BCUT2D eigenvalue weighted by Gasteiger charge is -2.00. The molecule has 9 heteroatoms. The first-order valence-electron chi connectivity index (χ1n) is 7.48. The number of thiazole rings is 1. The zero-order chi connectivity index (χ0) is 17.8. The van der Waals surface area contributed by atoms with Crippen LogP contribution in [0.1, 0.15) is 10.6 Å². The van der Waals surface area contributed by atoms with Gasteiger partial charge in [-0.25, -0.2) is 9.97 Å². The summed E-state index contributed by atoms with van der Waals surface area (Å²) in [7, 11) is 1.62. The Bertz CT molecular complexity index is 854. The zero-order valence-electron chi connectivity index (χ0n) is 14.0. The van der Waals surface area contributed by atoms with Gasteiger partial charge < -0.3 is 10.1 Å². The van der Waals surface area contributed by atoms with Crippen LogP contribution >= 0.6 is 23.1 Å². The SMILES string of the molecule is COc1ccc(-c2nc(SCC(=O)Nc3nc(C)c(C)s3)n[nH]2)cc1. The molecule has 0 aliphatic rings. The molecule has 1 amide bonds. The Labute approximate surface area is 153 Å². The van der Waals surface area contributed by atoms with Gasteiger partial charge in [-0.05, 0) is 38.1 Å². The fraction of sp³-hybridized carbons (Fsp3) is 0.250. The summed E-state index contributed by atoms with van der Waals surface area (Å²) in [5.74, 6) is 1.52. The maximum Gasteiger partial charge on any atom is 0.236 e. The quantitative estimate of drug-likeness (QED) is 0.642. The fourth-order valence-electron chi connectivity index (χ4n) is 2.00. The highest BCUT2D eigenvalue weighted by molar-refractivity contribution is 7.99. The number of anilines is 1. The average molecular weight is 375 g/mol. The van der Waals surface area contributed by atoms with Crippen LogP contribution in [-0.2, 0) is 4.79 Å². The minimum atomic E-state index is -0.130. The van der Waals surface area contributed by atoms with Crippen molar-refractivity contribution < 1.29 is 9.53 Å². The number of nitrogens with one attached hydrogen (secondary N) is 2. The van der Waals surface area contributed by atoms with E-state index >= 15 is 0 Å². The fourth-order valence-corrected chi connectivity index (χ4v) is 3.43. The number of aryl methyl sites for hydroxylation is 2. The summed E-state index contributed by atoms with van der Waals surface area (Å²) in [6.07, 6.45) is 0. The molecule has 0 saturated carbocycles. The Morgan fingerprint density at radius 3 is 2.68 bits per heavy atom. The molecular weight excluding hydrogens is 358 g/mol. The highest BCUT2D eigenvalue weighted by Gasteiger charge is 2.11. The van der Waals surface area contributed by atoms with Gasteiger partial charge in [0, 0.05) is 10.4 Å². The molecule has 2 aromatic heterocycles. The van der Waals surface area contributed by atoms with Crippen molar-refractivity contribution in [1.82, 2.24) is 20.2 Å². The van der Waals surface area contributed by atoms with Gasteiger partial charge in [-0.1, -0.05) is 11.8 Å². The Balaban J connectivity index is 1.56. The summed E-state index contributed by atoms with van der Waals surface area (Å²) >= 11 is 2.74. The van der Waals surface area contributed by atoms with Crippen molar-refractivity contribution in [3.05, 3.63) is 34.8 Å². The molecule has 0 unspecified atom stereocenters. The smallest absolute Gasteiger partial charge is 0.236 e. The van der Waals surface area contributed by atoms with E-state index in [0.717, 1.165) is 21.9 Å². The first-order chi connectivity index (χ1) is 12.0. The van der Waals surface area contributed by atoms with Gasteiger partial charge >= 0.3 is 0 Å². The van der Waals surface area contributed by atoms with Crippen LogP contribution in [0.15, 0.2) is 29.4 Å². The lowest BCUT2D eigenvalue weighted by Crippen LogP contribution is -2.13. The van der Waals surface area contributed by atoms with E-state index < -0.39 is 0 Å². The number of carbonyl (C=O) groups excluding carboxylic acids is 1. The number of aromatic nitrogens is 4. The summed E-state index contributed by atoms with van der Waals surface area (Å²) in [6, 6.07) is 7.51. The molecule has 0 aliphatic carbocycles. The standard InChI is InChI=1S/C16H17N5O2S2/c1-9-10(2)25-15(17-9)18-13(22)8-24-16-19-14(20-21-16)11-4-6-12(23-3)7-5-11/h4-7H,8H2,1-3H3,(H,17,18,22)(H,19,20,21). The molecule has 0 atom stereocenters. The third-order valence-corrected chi connectivity index (χ3v) is 5.27. The van der Waals surface area contributed by atoms with Gasteiger partial charge in [-0.15, -0.1) is 16.4 Å². The molecule has 0 aliphatic heterocycles. The molecule has 25 heavy (non-hydrogen) atoms. The van der Waals surface area contributed by atoms with E-state index in [1.165, 1.54) is 23.1 Å². The Morgan fingerprint density at radius 2 is 2.04 bits per heavy atom. The van der Waals surface area contributed by atoms with Crippen LogP contribution in [-0.4, -0.2) is 38.9 Å². The van der Waals surface area contributed by atoms with Crippen molar-refractivity contribution in [2.75, 3.05) is 18.2 Å². The number of rotatable bonds is 6. The Hall–Kier alpha value is -2.39. The Morgan fingerprint density at radius 1 is 1.28 bits per heavy atom. The third kappa shape index (κ3) is 4.37. The second-order valence-electron chi connectivity index (χ2n) is 5.19. The van der Waals surface area contributed by atoms with Crippen LogP contribution < -0.4 is 10.1 Å². The molecule has 0 fully saturated rings. The first kappa shape index (κ1) is 17.4. The highest BCUT2D eigenvalue weighted by atomic mass is 32.2. The molecule has 7 nitrogen and oxygen atoms in total. The van der Waals surface area contributed by atoms with Crippen LogP contribution in [0.25, 0.3) is 11.4 Å². The molecule has 2 heterocycles. The number of amides is 1. The van der Waals surface area contributed by atoms with E-state index in [-0.39, 0.29) is 11.7 Å². The molecule has 0 saturated heterocycles. The molecule has 2 N–H and O–H groups in total. The minimum Gasteiger partial charge on any atom is -0.497 e. The predicted octanol–water partition coefficient (Wildman–Crippen LogP) is 3.28. The van der Waals surface area contributed by atoms with Crippen molar-refractivity contribution >= 4 is 34.1 Å². The van der Waals surface area contributed by atoms with E-state index in [9.17, 15) is 4.79 Å². The lowest BCUT2D eigenvalue weighted by molar-refractivity contribution is -0.113. The predicted molar refractivity (Wildman–Crippen MR) is 99.3 cm³/mol. The number of aromatic amines is 1. The lowest BCUT2D eigenvalue weighted by atomic mass is 10.2. The van der Waals surface area contributed by atoms with Crippen LogP contribution in [0.2, 0.25) is 0 Å². The number of hydrogen-bond acceptors (Lipinski definition) is 7. The number of hydrogen-bond donors (Lipinski definition) is 2. The summed E-state index contributed by atoms with van der Waals surface area (Å²) in [5, 5.41) is 10.9. The van der Waals surface area contributed by atoms with Gasteiger partial charge in [0.25, 0.3) is 0 Å². The number of ether oxygens (including phenoxy) is 1. The number of thioether (sulfide) groups is 1. The minimum absolute atomic E-state index is 0.130. The zero-order valence-corrected chi connectivity index (χ0v) is 15.6. The molecule has 130 valence electrons. The highest BCUT2D eigenvalue weighted by Crippen LogP contribution is 2.23. The van der Waals surface area contributed by atoms with Gasteiger partial charge in [0.15, 0.2) is 11.0 Å². The van der Waals surface area contributed by atoms with Gasteiger partial charge in [-0.2, -0.15) is 0 Å². The van der Waals surface area contributed by atoms with Gasteiger partial charge in [0.2, 0.25) is 11.1 Å². The van der Waals surface area contributed by atoms with Crippen LogP contribution in [0, 0.1) is 13.8 Å². The molecule has 0 radical (unpaired) electrons. The van der Waals surface area contributed by atoms with Crippen molar-refractivity contribution in [3.63, 3.8) is 0 Å². The number of H-pyrrole nitrogens is 1. The largest absolute Gasteiger partial charge is 0.497 e. The summed E-state index contributed by atoms with van der Waals surface area (Å²) in [4.78, 5) is 21.8. The van der Waals surface area contributed by atoms with Crippen LogP contribution in [0.3, 0.4) is 0 Å². The molecular formula is C16H17N5O2S2. The number of methoxy groups -OCH3 is 1. The molecule has 3 aromatic rings. The molecule has 3 rings (SSSR count). The normalized spacial score (nSPS) is 10.7. The first-order valence-corrected chi connectivity index (χ1v) is 9.29. The van der Waals surface area contributed by atoms with E-state index in [0.29, 0.717) is 16.1 Å². The van der Waals surface area contributed by atoms with Crippen molar-refractivity contribution in [2.45, 2.75) is 19.0 Å². The van der Waals surface area contributed by atoms with Gasteiger partial charge in [0.05, 0.1) is 18.6 Å². The van der Waals surface area contributed by atoms with E-state index in [1.807, 2.05) is 38.1 Å². The second-order valence-corrected chi connectivity index (χ2v) is 7.34. The van der Waals surface area contributed by atoms with E-state index in [1.54, 1.807) is 7.11 Å². The average Bonchev–Trinajstić information content (AvgIpc) is 3.20. The van der Waals surface area contributed by atoms with Crippen molar-refractivity contribution in [1.29, 1.82) is 0 Å². The number of carbonyl (C=O) groups is 1. The van der Waals surface area contributed by atoms with Crippen molar-refractivity contribution in [2.24, 2.45) is 0 Å². The number of benzene rings is 1. The molecule has 0 spiro atoms. The van der Waals surface area contributed by atoms with Crippen molar-refractivity contribution in [3.8, 4) is 17.1 Å². The van der Waals surface area contributed by atoms with Crippen LogP contribution in [0.5, 0.6) is 5.75 Å². The summed E-state index contributed by atoms with van der Waals surface area (Å²) < 4.78 is 5.13. The second kappa shape index (κ2) is 7.66. The van der Waals surface area contributed by atoms with Gasteiger partial charge in [0.1, 0.15) is 5.75 Å². The van der Waals surface area contributed by atoms with Crippen LogP contribution in [0.4, 0.5) is 5.13 Å². The summed E-state index contributed by atoms with van der Waals surface area (Å²) in [6.45, 7) is 3.90. The molecule has 1 aromatic carbocycles.